The van der Waals surface area contributed by atoms with Crippen molar-refractivity contribution in [2.75, 3.05) is 5.32 Å². The summed E-state index contributed by atoms with van der Waals surface area (Å²) >= 11 is 3.45. The molecule has 3 atom stereocenters. The van der Waals surface area contributed by atoms with Crippen LogP contribution in [0.25, 0.3) is 0 Å². The van der Waals surface area contributed by atoms with Gasteiger partial charge < -0.3 is 5.32 Å². The van der Waals surface area contributed by atoms with Gasteiger partial charge in [0.25, 0.3) is 0 Å². The lowest BCUT2D eigenvalue weighted by molar-refractivity contribution is -0.172. The zero-order valence-electron chi connectivity index (χ0n) is 18.0. The van der Waals surface area contributed by atoms with Gasteiger partial charge in [-0.2, -0.15) is 0 Å². The van der Waals surface area contributed by atoms with E-state index >= 15 is 0 Å². The molecule has 2 bridgehead atoms. The van der Waals surface area contributed by atoms with Crippen LogP contribution in [0, 0.1) is 16.7 Å². The van der Waals surface area contributed by atoms with E-state index in [1.165, 1.54) is 4.90 Å². The average molecular weight is 483 g/mol. The Hall–Kier alpha value is -2.47. The summed E-state index contributed by atoms with van der Waals surface area (Å²) in [6.45, 7) is 5.95. The van der Waals surface area contributed by atoms with E-state index in [9.17, 15) is 14.4 Å². The Balaban J connectivity index is 1.72. The van der Waals surface area contributed by atoms with Crippen LogP contribution in [0.5, 0.6) is 0 Å². The van der Waals surface area contributed by atoms with Crippen LogP contribution in [0.15, 0.2) is 59.1 Å². The summed E-state index contributed by atoms with van der Waals surface area (Å²) in [5.41, 5.74) is 0.428. The molecule has 4 rings (SSSR count). The molecule has 0 radical (unpaired) electrons. The maximum atomic E-state index is 13.7. The lowest BCUT2D eigenvalue weighted by Crippen LogP contribution is -2.64. The first-order valence-corrected chi connectivity index (χ1v) is 11.4. The van der Waals surface area contributed by atoms with Gasteiger partial charge in [-0.25, -0.2) is 0 Å². The lowest BCUT2D eigenvalue weighted by atomic mass is 9.62. The van der Waals surface area contributed by atoms with Gasteiger partial charge in [-0.05, 0) is 51.9 Å². The van der Waals surface area contributed by atoms with E-state index in [2.05, 4.69) is 21.2 Å². The van der Waals surface area contributed by atoms with Crippen LogP contribution in [-0.2, 0) is 20.8 Å². The summed E-state index contributed by atoms with van der Waals surface area (Å²) in [5, 5.41) is 2.92. The van der Waals surface area contributed by atoms with Gasteiger partial charge in [-0.1, -0.05) is 63.2 Å². The Labute approximate surface area is 191 Å². The van der Waals surface area contributed by atoms with Gasteiger partial charge in [0.2, 0.25) is 17.7 Å². The van der Waals surface area contributed by atoms with Crippen molar-refractivity contribution in [3.63, 3.8) is 0 Å². The highest BCUT2D eigenvalue weighted by Crippen LogP contribution is 2.60. The zero-order chi connectivity index (χ0) is 22.4. The monoisotopic (exact) mass is 482 g/mol. The van der Waals surface area contributed by atoms with Crippen molar-refractivity contribution in [3.8, 4) is 0 Å². The molecule has 1 saturated carbocycles. The second-order valence-corrected chi connectivity index (χ2v) is 10.2. The first-order chi connectivity index (χ1) is 14.7. The molecule has 1 N–H and O–H groups in total. The van der Waals surface area contributed by atoms with Crippen molar-refractivity contribution in [1.82, 2.24) is 4.90 Å². The fourth-order valence-corrected chi connectivity index (χ4v) is 5.45. The van der Waals surface area contributed by atoms with Gasteiger partial charge >= 0.3 is 0 Å². The molecule has 162 valence electrons. The maximum absolute atomic E-state index is 13.7. The minimum Gasteiger partial charge on any atom is -0.323 e. The molecule has 6 heteroatoms. The number of para-hydroxylation sites is 1. The van der Waals surface area contributed by atoms with Crippen molar-refractivity contribution in [2.45, 2.75) is 46.1 Å². The SMILES string of the molecule is CC12CCC(C(=O)N(C(Cc3ccccc3)C(=O)Nc3ccccc3Br)C1=O)C2(C)C. The topological polar surface area (TPSA) is 66.5 Å². The number of anilines is 1. The third-order valence-corrected chi connectivity index (χ3v) is 8.16. The first-order valence-electron chi connectivity index (χ1n) is 10.6. The standard InChI is InChI=1S/C25H27BrN2O3/c1-24(2)17-13-14-25(24,3)23(31)28(22(17)30)20(15-16-9-5-4-6-10-16)21(29)27-19-12-8-7-11-18(19)26/h4-12,17,20H,13-15H2,1-3H3,(H,27,29). The average Bonchev–Trinajstić information content (AvgIpc) is 2.93. The summed E-state index contributed by atoms with van der Waals surface area (Å²) in [7, 11) is 0. The minimum absolute atomic E-state index is 0.229. The second-order valence-electron chi connectivity index (χ2n) is 9.33. The van der Waals surface area contributed by atoms with Crippen molar-refractivity contribution in [1.29, 1.82) is 0 Å². The number of imide groups is 1. The molecular formula is C25H27BrN2O3. The molecule has 1 aliphatic carbocycles. The van der Waals surface area contributed by atoms with Crippen molar-refractivity contribution in [2.24, 2.45) is 16.7 Å². The Morgan fingerprint density at radius 2 is 1.74 bits per heavy atom. The fraction of sp³-hybridized carbons (Fsp3) is 0.400. The largest absolute Gasteiger partial charge is 0.323 e. The molecule has 0 aromatic heterocycles. The third kappa shape index (κ3) is 3.51. The second kappa shape index (κ2) is 7.90. The highest BCUT2D eigenvalue weighted by Gasteiger charge is 2.65. The van der Waals surface area contributed by atoms with Crippen LogP contribution >= 0.6 is 15.9 Å². The van der Waals surface area contributed by atoms with E-state index in [0.29, 0.717) is 18.5 Å². The number of carbonyl (C=O) groups is 3. The zero-order valence-corrected chi connectivity index (χ0v) is 19.6. The van der Waals surface area contributed by atoms with Crippen LogP contribution < -0.4 is 5.32 Å². The van der Waals surface area contributed by atoms with Gasteiger partial charge in [0.1, 0.15) is 6.04 Å². The van der Waals surface area contributed by atoms with E-state index < -0.39 is 16.9 Å². The number of piperidine rings is 1. The normalized spacial score (nSPS) is 25.4. The molecule has 1 saturated heterocycles. The Kier molecular flexibility index (Phi) is 5.54. The van der Waals surface area contributed by atoms with E-state index in [0.717, 1.165) is 10.0 Å². The number of rotatable bonds is 5. The van der Waals surface area contributed by atoms with Crippen LogP contribution in [0.4, 0.5) is 5.69 Å². The van der Waals surface area contributed by atoms with E-state index in [-0.39, 0.29) is 30.1 Å². The third-order valence-electron chi connectivity index (χ3n) is 7.47. The smallest absolute Gasteiger partial charge is 0.248 e. The lowest BCUT2D eigenvalue weighted by Gasteiger charge is -2.49. The van der Waals surface area contributed by atoms with E-state index in [1.807, 2.05) is 69.3 Å². The summed E-state index contributed by atoms with van der Waals surface area (Å²) in [6, 6.07) is 15.9. The molecule has 2 fully saturated rings. The molecule has 2 aromatic rings. The number of fused-ring (bicyclic) bond motifs is 2. The van der Waals surface area contributed by atoms with Gasteiger partial charge in [-0.15, -0.1) is 0 Å². The van der Waals surface area contributed by atoms with Crippen LogP contribution in [0.1, 0.15) is 39.2 Å². The van der Waals surface area contributed by atoms with Crippen molar-refractivity contribution in [3.05, 3.63) is 64.6 Å². The number of amides is 3. The molecule has 3 amide bonds. The quantitative estimate of drug-likeness (QED) is 0.621. The predicted molar refractivity (Wildman–Crippen MR) is 123 cm³/mol. The highest BCUT2D eigenvalue weighted by atomic mass is 79.9. The Morgan fingerprint density at radius 3 is 2.42 bits per heavy atom. The van der Waals surface area contributed by atoms with Gasteiger partial charge in [0.05, 0.1) is 11.1 Å². The molecular weight excluding hydrogens is 456 g/mol. The predicted octanol–water partition coefficient (Wildman–Crippen LogP) is 4.81. The molecule has 0 spiro atoms. The maximum Gasteiger partial charge on any atom is 0.248 e. The molecule has 1 aliphatic heterocycles. The van der Waals surface area contributed by atoms with E-state index in [4.69, 9.17) is 0 Å². The summed E-state index contributed by atoms with van der Waals surface area (Å²) in [6.07, 6.45) is 1.61. The molecule has 3 unspecified atom stereocenters. The number of nitrogens with one attached hydrogen (secondary N) is 1. The molecule has 5 nitrogen and oxygen atoms in total. The number of hydrogen-bond acceptors (Lipinski definition) is 3. The summed E-state index contributed by atoms with van der Waals surface area (Å²) in [4.78, 5) is 42.0. The number of hydrogen-bond donors (Lipinski definition) is 1. The molecule has 1 heterocycles. The molecule has 2 aliphatic rings. The van der Waals surface area contributed by atoms with Crippen LogP contribution in [0.3, 0.4) is 0 Å². The summed E-state index contributed by atoms with van der Waals surface area (Å²) < 4.78 is 0.742. The first kappa shape index (κ1) is 21.8. The van der Waals surface area contributed by atoms with Gasteiger partial charge in [-0.3, -0.25) is 19.3 Å². The Morgan fingerprint density at radius 1 is 1.10 bits per heavy atom. The number of likely N-dealkylation sites (tertiary alicyclic amines) is 1. The summed E-state index contributed by atoms with van der Waals surface area (Å²) in [5.74, 6) is -1.09. The molecule has 2 aromatic carbocycles. The Bertz CT molecular complexity index is 1040. The molecule has 31 heavy (non-hydrogen) atoms. The number of nitrogens with zero attached hydrogens (tertiary/aromatic N) is 1. The minimum atomic E-state index is -0.912. The van der Waals surface area contributed by atoms with Gasteiger partial charge in [0, 0.05) is 16.8 Å². The van der Waals surface area contributed by atoms with Crippen molar-refractivity contribution < 1.29 is 14.4 Å². The van der Waals surface area contributed by atoms with E-state index in [1.54, 1.807) is 6.07 Å². The van der Waals surface area contributed by atoms with Crippen LogP contribution in [0.2, 0.25) is 0 Å². The van der Waals surface area contributed by atoms with Crippen LogP contribution in [-0.4, -0.2) is 28.7 Å². The highest BCUT2D eigenvalue weighted by molar-refractivity contribution is 9.10. The van der Waals surface area contributed by atoms with Crippen molar-refractivity contribution >= 4 is 39.3 Å². The number of benzene rings is 2. The number of carbonyl (C=O) groups excluding carboxylic acids is 3. The fourth-order valence-electron chi connectivity index (χ4n) is 5.06. The number of halogens is 1. The van der Waals surface area contributed by atoms with Gasteiger partial charge in [0.15, 0.2) is 0 Å².